The molecule has 0 aliphatic rings. The molecule has 0 radical (unpaired) electrons. The van der Waals surface area contributed by atoms with Gasteiger partial charge in [0.05, 0.1) is 5.39 Å². The molecular formula is C15H17N7O2. The van der Waals surface area contributed by atoms with Crippen LogP contribution in [0.15, 0.2) is 29.1 Å². The smallest absolute Gasteiger partial charge is 0.278 e. The van der Waals surface area contributed by atoms with Crippen molar-refractivity contribution in [2.45, 2.75) is 26.8 Å². The van der Waals surface area contributed by atoms with Crippen LogP contribution in [0.25, 0.3) is 10.9 Å². The molecule has 2 N–H and O–H groups in total. The van der Waals surface area contributed by atoms with Gasteiger partial charge in [-0.1, -0.05) is 31.2 Å². The van der Waals surface area contributed by atoms with Crippen LogP contribution in [0.2, 0.25) is 0 Å². The van der Waals surface area contributed by atoms with Gasteiger partial charge >= 0.3 is 0 Å². The second-order valence-electron chi connectivity index (χ2n) is 5.82. The van der Waals surface area contributed by atoms with E-state index in [1.165, 1.54) is 0 Å². The van der Waals surface area contributed by atoms with E-state index in [9.17, 15) is 9.59 Å². The summed E-state index contributed by atoms with van der Waals surface area (Å²) in [5.41, 5.74) is 0.123. The first kappa shape index (κ1) is 15.8. The van der Waals surface area contributed by atoms with Crippen molar-refractivity contribution in [1.29, 1.82) is 0 Å². The zero-order valence-corrected chi connectivity index (χ0v) is 13.4. The molecule has 124 valence electrons. The monoisotopic (exact) mass is 327 g/mol. The van der Waals surface area contributed by atoms with E-state index >= 15 is 0 Å². The molecule has 2 aromatic heterocycles. The number of carbonyl (C=O) groups excluding carboxylic acids is 1. The second kappa shape index (κ2) is 6.57. The summed E-state index contributed by atoms with van der Waals surface area (Å²) in [5.74, 6) is 0.852. The summed E-state index contributed by atoms with van der Waals surface area (Å²) < 4.78 is 1.01. The molecule has 1 amide bonds. The Balaban J connectivity index is 1.72. The predicted octanol–water partition coefficient (Wildman–Crippen LogP) is 0.747. The number of aromatic amines is 1. The number of H-pyrrole nitrogens is 1. The summed E-state index contributed by atoms with van der Waals surface area (Å²) in [6.45, 7) is 3.86. The predicted molar refractivity (Wildman–Crippen MR) is 87.4 cm³/mol. The van der Waals surface area contributed by atoms with E-state index in [0.717, 1.165) is 11.1 Å². The summed E-state index contributed by atoms with van der Waals surface area (Å²) in [7, 11) is 0. The van der Waals surface area contributed by atoms with Crippen molar-refractivity contribution in [3.05, 3.63) is 40.4 Å². The van der Waals surface area contributed by atoms with Crippen LogP contribution in [0.4, 0.5) is 5.95 Å². The molecular weight excluding hydrogens is 310 g/mol. The lowest BCUT2D eigenvalue weighted by atomic mass is 10.1. The first-order chi connectivity index (χ1) is 11.5. The van der Waals surface area contributed by atoms with Gasteiger partial charge < -0.3 is 0 Å². The van der Waals surface area contributed by atoms with Gasteiger partial charge in [0.2, 0.25) is 11.9 Å². The molecule has 0 spiro atoms. The second-order valence-corrected chi connectivity index (χ2v) is 5.82. The Kier molecular flexibility index (Phi) is 4.32. The van der Waals surface area contributed by atoms with Crippen LogP contribution in [0.1, 0.15) is 19.7 Å². The van der Waals surface area contributed by atoms with Gasteiger partial charge in [-0.05, 0) is 18.1 Å². The number of hydrogen-bond donors (Lipinski definition) is 2. The zero-order valence-electron chi connectivity index (χ0n) is 13.4. The summed E-state index contributed by atoms with van der Waals surface area (Å²) in [6, 6.07) is 6.84. The van der Waals surface area contributed by atoms with Gasteiger partial charge in [-0.25, -0.2) is 4.68 Å². The highest BCUT2D eigenvalue weighted by atomic mass is 16.2. The van der Waals surface area contributed by atoms with E-state index in [4.69, 9.17) is 0 Å². The molecule has 0 aliphatic carbocycles. The Bertz CT molecular complexity index is 929. The third kappa shape index (κ3) is 3.45. The number of anilines is 1. The molecule has 3 aromatic rings. The van der Waals surface area contributed by atoms with Crippen LogP contribution in [0.5, 0.6) is 0 Å². The molecule has 1 aromatic carbocycles. The summed E-state index contributed by atoms with van der Waals surface area (Å²) in [6.07, 6.45) is 0.735. The van der Waals surface area contributed by atoms with Gasteiger partial charge in [0.25, 0.3) is 5.56 Å². The van der Waals surface area contributed by atoms with E-state index < -0.39 is 5.91 Å². The first-order valence-corrected chi connectivity index (χ1v) is 7.56. The third-order valence-electron chi connectivity index (χ3n) is 3.31. The number of hydrogen-bond acceptors (Lipinski definition) is 6. The molecule has 9 heteroatoms. The third-order valence-corrected chi connectivity index (χ3v) is 3.31. The number of nitrogens with one attached hydrogen (secondary N) is 2. The summed E-state index contributed by atoms with van der Waals surface area (Å²) in [5, 5.41) is 17.4. The van der Waals surface area contributed by atoms with Crippen molar-refractivity contribution in [2.75, 3.05) is 5.32 Å². The lowest BCUT2D eigenvalue weighted by Gasteiger charge is -2.04. The van der Waals surface area contributed by atoms with Gasteiger partial charge in [-0.2, -0.15) is 4.98 Å². The molecule has 3 rings (SSSR count). The van der Waals surface area contributed by atoms with Crippen LogP contribution >= 0.6 is 0 Å². The topological polar surface area (TPSA) is 118 Å². The van der Waals surface area contributed by atoms with Crippen LogP contribution in [0, 0.1) is 5.92 Å². The van der Waals surface area contributed by atoms with Gasteiger partial charge in [0, 0.05) is 6.42 Å². The lowest BCUT2D eigenvalue weighted by molar-refractivity contribution is -0.117. The van der Waals surface area contributed by atoms with Crippen LogP contribution in [-0.4, -0.2) is 36.1 Å². The SMILES string of the molecule is CC(C)Cc1nc(NC(=O)Cn2nnc3ccccc3c2=O)n[nH]1. The van der Waals surface area contributed by atoms with Gasteiger partial charge in [-0.3, -0.25) is 20.0 Å². The highest BCUT2D eigenvalue weighted by molar-refractivity contribution is 5.88. The summed E-state index contributed by atoms with van der Waals surface area (Å²) >= 11 is 0. The fourth-order valence-corrected chi connectivity index (χ4v) is 2.26. The molecule has 2 heterocycles. The van der Waals surface area contributed by atoms with Crippen LogP contribution < -0.4 is 10.9 Å². The molecule has 0 saturated carbocycles. The normalized spacial score (nSPS) is 11.1. The number of nitrogens with zero attached hydrogens (tertiary/aromatic N) is 5. The summed E-state index contributed by atoms with van der Waals surface area (Å²) in [4.78, 5) is 28.5. The Labute approximate surface area is 137 Å². The Morgan fingerprint density at radius 1 is 1.33 bits per heavy atom. The Hall–Kier alpha value is -3.10. The van der Waals surface area contributed by atoms with Crippen molar-refractivity contribution >= 4 is 22.8 Å². The number of fused-ring (bicyclic) bond motifs is 1. The van der Waals surface area contributed by atoms with E-state index in [-0.39, 0.29) is 18.1 Å². The van der Waals surface area contributed by atoms with E-state index in [1.54, 1.807) is 24.3 Å². The number of aromatic nitrogens is 6. The average molecular weight is 327 g/mol. The molecule has 0 saturated heterocycles. The Morgan fingerprint density at radius 2 is 2.12 bits per heavy atom. The number of rotatable bonds is 5. The van der Waals surface area contributed by atoms with Crippen molar-refractivity contribution in [1.82, 2.24) is 30.2 Å². The maximum atomic E-state index is 12.3. The quantitative estimate of drug-likeness (QED) is 0.713. The maximum absolute atomic E-state index is 12.3. The van der Waals surface area contributed by atoms with Crippen molar-refractivity contribution in [3.8, 4) is 0 Å². The average Bonchev–Trinajstić information content (AvgIpc) is 2.96. The molecule has 0 aliphatic heterocycles. The molecule has 0 atom stereocenters. The Morgan fingerprint density at radius 3 is 2.92 bits per heavy atom. The number of amides is 1. The minimum Gasteiger partial charge on any atom is -0.292 e. The van der Waals surface area contributed by atoms with E-state index in [1.807, 2.05) is 0 Å². The largest absolute Gasteiger partial charge is 0.292 e. The zero-order chi connectivity index (χ0) is 17.1. The molecule has 0 unspecified atom stereocenters. The standard InChI is InChI=1S/C15H17N7O2/c1-9(2)7-12-16-15(20-19-12)17-13(23)8-22-14(24)10-5-3-4-6-11(10)18-21-22/h3-6,9H,7-8H2,1-2H3,(H2,16,17,19,20,23). The van der Waals surface area contributed by atoms with Crippen molar-refractivity contribution in [3.63, 3.8) is 0 Å². The highest BCUT2D eigenvalue weighted by Gasteiger charge is 2.12. The van der Waals surface area contributed by atoms with Gasteiger partial charge in [0.1, 0.15) is 17.9 Å². The number of benzene rings is 1. The maximum Gasteiger partial charge on any atom is 0.278 e. The highest BCUT2D eigenvalue weighted by Crippen LogP contribution is 2.06. The molecule has 9 nitrogen and oxygen atoms in total. The first-order valence-electron chi connectivity index (χ1n) is 7.56. The lowest BCUT2D eigenvalue weighted by Crippen LogP contribution is -2.30. The molecule has 0 bridgehead atoms. The fourth-order valence-electron chi connectivity index (χ4n) is 2.26. The van der Waals surface area contributed by atoms with Gasteiger partial charge in [-0.15, -0.1) is 10.2 Å². The fraction of sp³-hybridized carbons (Fsp3) is 0.333. The van der Waals surface area contributed by atoms with Crippen LogP contribution in [-0.2, 0) is 17.8 Å². The number of carbonyl (C=O) groups is 1. The minimum absolute atomic E-state index is 0.178. The van der Waals surface area contributed by atoms with Crippen molar-refractivity contribution in [2.24, 2.45) is 5.92 Å². The van der Waals surface area contributed by atoms with E-state index in [2.05, 4.69) is 44.7 Å². The minimum atomic E-state index is -0.447. The molecule has 24 heavy (non-hydrogen) atoms. The van der Waals surface area contributed by atoms with Crippen LogP contribution in [0.3, 0.4) is 0 Å². The van der Waals surface area contributed by atoms with E-state index in [0.29, 0.717) is 22.6 Å². The van der Waals surface area contributed by atoms with Gasteiger partial charge in [0.15, 0.2) is 0 Å². The molecule has 0 fully saturated rings. The van der Waals surface area contributed by atoms with Crippen molar-refractivity contribution < 1.29 is 4.79 Å².